The van der Waals surface area contributed by atoms with Crippen molar-refractivity contribution < 1.29 is 23.9 Å². The van der Waals surface area contributed by atoms with Gasteiger partial charge in [0.25, 0.3) is 5.91 Å². The lowest BCUT2D eigenvalue weighted by molar-refractivity contribution is -0.149. The molecule has 1 amide bonds. The molecular formula is C22H27NO5. The molecule has 28 heavy (non-hydrogen) atoms. The molecular weight excluding hydrogens is 358 g/mol. The van der Waals surface area contributed by atoms with E-state index in [1.54, 1.807) is 50.3 Å². The third-order valence-electron chi connectivity index (χ3n) is 4.82. The Labute approximate surface area is 165 Å². The minimum absolute atomic E-state index is 0.126. The van der Waals surface area contributed by atoms with E-state index in [9.17, 15) is 14.4 Å². The van der Waals surface area contributed by atoms with E-state index < -0.39 is 23.9 Å². The molecule has 0 radical (unpaired) electrons. The van der Waals surface area contributed by atoms with Crippen LogP contribution in [0.25, 0.3) is 0 Å². The summed E-state index contributed by atoms with van der Waals surface area (Å²) in [6.45, 7) is 7.83. The minimum Gasteiger partial charge on any atom is -0.466 e. The molecule has 1 saturated carbocycles. The Morgan fingerprint density at radius 2 is 1.79 bits per heavy atom. The molecule has 4 atom stereocenters. The van der Waals surface area contributed by atoms with Gasteiger partial charge in [-0.15, -0.1) is 6.58 Å². The molecule has 2 rings (SSSR count). The number of carbonyl (C=O) groups excluding carboxylic acids is 3. The van der Waals surface area contributed by atoms with E-state index in [2.05, 4.69) is 11.9 Å². The molecule has 0 saturated heterocycles. The van der Waals surface area contributed by atoms with E-state index in [-0.39, 0.29) is 31.0 Å². The van der Waals surface area contributed by atoms with Gasteiger partial charge in [0.15, 0.2) is 0 Å². The second kappa shape index (κ2) is 10.4. The molecule has 150 valence electrons. The summed E-state index contributed by atoms with van der Waals surface area (Å²) in [7, 11) is 0. The molecule has 1 N–H and O–H groups in total. The molecule has 1 aliphatic carbocycles. The zero-order valence-corrected chi connectivity index (χ0v) is 16.3. The maximum Gasteiger partial charge on any atom is 0.330 e. The standard InChI is InChI=1S/C22H27NO5/c1-4-15-14-17(12-13-18(24)27-5-2)19(22(26)28-6-3)20(15)23-21(25)16-10-8-7-9-11-16/h4,7-13,15,17,19-20H,1,5-6,14H2,2-3H3,(H,23,25)/b13-12+/t15-,17+,19-,20+/m1/s1. The van der Waals surface area contributed by atoms with Crippen molar-refractivity contribution in [1.82, 2.24) is 5.32 Å². The Morgan fingerprint density at radius 3 is 2.39 bits per heavy atom. The highest BCUT2D eigenvalue weighted by atomic mass is 16.5. The number of esters is 2. The van der Waals surface area contributed by atoms with E-state index in [1.807, 2.05) is 6.07 Å². The fourth-order valence-electron chi connectivity index (χ4n) is 3.55. The zero-order chi connectivity index (χ0) is 20.5. The third kappa shape index (κ3) is 5.31. The summed E-state index contributed by atoms with van der Waals surface area (Å²) in [5.41, 5.74) is 0.512. The predicted molar refractivity (Wildman–Crippen MR) is 105 cm³/mol. The van der Waals surface area contributed by atoms with Crippen LogP contribution >= 0.6 is 0 Å². The topological polar surface area (TPSA) is 81.7 Å². The monoisotopic (exact) mass is 385 g/mol. The summed E-state index contributed by atoms with van der Waals surface area (Å²) in [5, 5.41) is 2.97. The van der Waals surface area contributed by atoms with Crippen molar-refractivity contribution in [3.05, 3.63) is 60.7 Å². The average molecular weight is 385 g/mol. The lowest BCUT2D eigenvalue weighted by atomic mass is 9.92. The van der Waals surface area contributed by atoms with Crippen molar-refractivity contribution in [1.29, 1.82) is 0 Å². The quantitative estimate of drug-likeness (QED) is 0.423. The largest absolute Gasteiger partial charge is 0.466 e. The van der Waals surface area contributed by atoms with Gasteiger partial charge in [-0.3, -0.25) is 9.59 Å². The maximum absolute atomic E-state index is 12.7. The van der Waals surface area contributed by atoms with Crippen LogP contribution in [0.1, 0.15) is 30.6 Å². The Morgan fingerprint density at radius 1 is 1.11 bits per heavy atom. The van der Waals surface area contributed by atoms with Crippen molar-refractivity contribution in [2.45, 2.75) is 26.3 Å². The molecule has 0 aromatic heterocycles. The first kappa shape index (κ1) is 21.4. The highest BCUT2D eigenvalue weighted by Crippen LogP contribution is 2.39. The van der Waals surface area contributed by atoms with Gasteiger partial charge >= 0.3 is 11.9 Å². The number of allylic oxidation sites excluding steroid dienone is 1. The highest BCUT2D eigenvalue weighted by molar-refractivity contribution is 5.94. The van der Waals surface area contributed by atoms with Crippen LogP contribution in [0.3, 0.4) is 0 Å². The molecule has 0 aliphatic heterocycles. The Balaban J connectivity index is 2.26. The molecule has 6 nitrogen and oxygen atoms in total. The smallest absolute Gasteiger partial charge is 0.330 e. The van der Waals surface area contributed by atoms with Crippen LogP contribution in [0.4, 0.5) is 0 Å². The summed E-state index contributed by atoms with van der Waals surface area (Å²) < 4.78 is 10.2. The number of rotatable bonds is 8. The molecule has 6 heteroatoms. The number of hydrogen-bond donors (Lipinski definition) is 1. The predicted octanol–water partition coefficient (Wildman–Crippen LogP) is 2.91. The average Bonchev–Trinajstić information content (AvgIpc) is 3.04. The van der Waals surface area contributed by atoms with E-state index in [0.29, 0.717) is 12.0 Å². The van der Waals surface area contributed by atoms with Crippen LogP contribution in [-0.2, 0) is 19.1 Å². The third-order valence-corrected chi connectivity index (χ3v) is 4.82. The van der Waals surface area contributed by atoms with Gasteiger partial charge in [-0.05, 0) is 44.2 Å². The van der Waals surface area contributed by atoms with Crippen LogP contribution in [0, 0.1) is 17.8 Å². The first-order valence-corrected chi connectivity index (χ1v) is 9.51. The Kier molecular flexibility index (Phi) is 7.99. The minimum atomic E-state index is -0.610. The molecule has 1 fully saturated rings. The lowest BCUT2D eigenvalue weighted by Crippen LogP contribution is -2.45. The van der Waals surface area contributed by atoms with Crippen LogP contribution in [-0.4, -0.2) is 37.1 Å². The van der Waals surface area contributed by atoms with Gasteiger partial charge in [0.05, 0.1) is 19.1 Å². The SMILES string of the molecule is C=C[C@@H]1C[C@H](/C=C/C(=O)OCC)[C@@H](C(=O)OCC)[C@H]1NC(=O)c1ccccc1. The molecule has 0 heterocycles. The van der Waals surface area contributed by atoms with E-state index in [0.717, 1.165) is 0 Å². The molecule has 0 spiro atoms. The van der Waals surface area contributed by atoms with Crippen LogP contribution in [0.2, 0.25) is 0 Å². The van der Waals surface area contributed by atoms with Gasteiger partial charge < -0.3 is 14.8 Å². The number of ether oxygens (including phenoxy) is 2. The van der Waals surface area contributed by atoms with Gasteiger partial charge in [0.2, 0.25) is 0 Å². The second-order valence-electron chi connectivity index (χ2n) is 6.55. The van der Waals surface area contributed by atoms with E-state index in [1.165, 1.54) is 6.08 Å². The van der Waals surface area contributed by atoms with Crippen LogP contribution in [0.15, 0.2) is 55.1 Å². The Bertz CT molecular complexity index is 728. The highest BCUT2D eigenvalue weighted by Gasteiger charge is 2.46. The number of nitrogens with one attached hydrogen (secondary N) is 1. The van der Waals surface area contributed by atoms with E-state index in [4.69, 9.17) is 9.47 Å². The van der Waals surface area contributed by atoms with Crippen molar-refractivity contribution in [2.75, 3.05) is 13.2 Å². The first-order chi connectivity index (χ1) is 13.5. The first-order valence-electron chi connectivity index (χ1n) is 9.51. The maximum atomic E-state index is 12.7. The number of hydrogen-bond acceptors (Lipinski definition) is 5. The molecule has 1 aliphatic rings. The van der Waals surface area contributed by atoms with Crippen molar-refractivity contribution in [3.8, 4) is 0 Å². The second-order valence-corrected chi connectivity index (χ2v) is 6.55. The normalized spacial score (nSPS) is 23.9. The van der Waals surface area contributed by atoms with Gasteiger partial charge in [-0.2, -0.15) is 0 Å². The molecule has 0 bridgehead atoms. The van der Waals surface area contributed by atoms with Crippen molar-refractivity contribution in [2.24, 2.45) is 17.8 Å². The number of amides is 1. The lowest BCUT2D eigenvalue weighted by Gasteiger charge is -2.24. The summed E-state index contributed by atoms with van der Waals surface area (Å²) in [5.74, 6) is -2.13. The van der Waals surface area contributed by atoms with Gasteiger partial charge in [-0.25, -0.2) is 4.79 Å². The fraction of sp³-hybridized carbons (Fsp3) is 0.409. The van der Waals surface area contributed by atoms with E-state index >= 15 is 0 Å². The molecule has 1 aromatic carbocycles. The summed E-state index contributed by atoms with van der Waals surface area (Å²) in [4.78, 5) is 37.0. The summed E-state index contributed by atoms with van der Waals surface area (Å²) >= 11 is 0. The number of benzene rings is 1. The zero-order valence-electron chi connectivity index (χ0n) is 16.3. The van der Waals surface area contributed by atoms with Crippen LogP contribution in [0.5, 0.6) is 0 Å². The molecule has 1 aromatic rings. The number of carbonyl (C=O) groups is 3. The molecule has 0 unspecified atom stereocenters. The summed E-state index contributed by atoms with van der Waals surface area (Å²) in [6, 6.07) is 8.34. The Hall–Kier alpha value is -2.89. The van der Waals surface area contributed by atoms with Crippen molar-refractivity contribution in [3.63, 3.8) is 0 Å². The summed E-state index contributed by atoms with van der Waals surface area (Å²) in [6.07, 6.45) is 5.32. The van der Waals surface area contributed by atoms with Gasteiger partial charge in [0.1, 0.15) is 0 Å². The van der Waals surface area contributed by atoms with Gasteiger partial charge in [-0.1, -0.05) is 30.4 Å². The van der Waals surface area contributed by atoms with Gasteiger partial charge in [0, 0.05) is 17.7 Å². The fourth-order valence-corrected chi connectivity index (χ4v) is 3.55. The van der Waals surface area contributed by atoms with Crippen molar-refractivity contribution >= 4 is 17.8 Å². The van der Waals surface area contributed by atoms with Crippen LogP contribution < -0.4 is 5.32 Å².